The van der Waals surface area contributed by atoms with E-state index in [1.54, 1.807) is 0 Å². The number of hydrogen-bond donors (Lipinski definition) is 0. The van der Waals surface area contributed by atoms with Gasteiger partial charge in [0.05, 0.1) is 0 Å². The van der Waals surface area contributed by atoms with Crippen LogP contribution in [-0.4, -0.2) is 124 Å². The molecule has 4 radical (unpaired) electrons. The second kappa shape index (κ2) is 290. The van der Waals surface area contributed by atoms with Crippen LogP contribution in [0.4, 0.5) is 0 Å². The summed E-state index contributed by atoms with van der Waals surface area (Å²) in [5, 5.41) is 0. The minimum absolute atomic E-state index is 0. The van der Waals surface area contributed by atoms with Gasteiger partial charge in [-0.3, -0.25) is 0 Å². The van der Waals surface area contributed by atoms with Gasteiger partial charge in [0.25, 0.3) is 0 Å². The van der Waals surface area contributed by atoms with E-state index in [-0.39, 0.29) is 173 Å². The van der Waals surface area contributed by atoms with Crippen molar-refractivity contribution in [1.29, 1.82) is 0 Å². The largest absolute Gasteiger partial charge is 4.00 e. The zero-order valence-corrected chi connectivity index (χ0v) is 21.6. The molecule has 0 rings (SSSR count). The molecule has 0 N–H and O–H groups in total. The predicted octanol–water partition coefficient (Wildman–Crippen LogP) is -2.97. The Kier molecular flexibility index (Phi) is 7210. The van der Waals surface area contributed by atoms with E-state index >= 15 is 0 Å². The predicted molar refractivity (Wildman–Crippen MR) is 34.9 cm³/mol. The summed E-state index contributed by atoms with van der Waals surface area (Å²) in [4.78, 5) is 0. The summed E-state index contributed by atoms with van der Waals surface area (Å²) >= 11 is 0. The van der Waals surface area contributed by atoms with Gasteiger partial charge in [0.2, 0.25) is 0 Å². The maximum Gasteiger partial charge on any atom is 4.00 e. The van der Waals surface area contributed by atoms with Crippen molar-refractivity contribution in [3.05, 3.63) is 0 Å². The third-order valence-electron chi connectivity index (χ3n) is 0. The maximum absolute atomic E-state index is 0. The molecule has 0 spiro atoms. The molecule has 0 atom stereocenters. The molecule has 0 aromatic carbocycles. The summed E-state index contributed by atoms with van der Waals surface area (Å²) in [6.45, 7) is 0. The summed E-state index contributed by atoms with van der Waals surface area (Å²) in [5.41, 5.74) is 0. The first-order chi connectivity index (χ1) is 0. The zero-order valence-electron chi connectivity index (χ0n) is 6.07. The Morgan fingerprint density at radius 2 is 0.214 bits per heavy atom. The van der Waals surface area contributed by atoms with Gasteiger partial charge in [-0.25, -0.2) is 0 Å². The van der Waals surface area contributed by atoms with Crippen LogP contribution in [0.1, 0.15) is 0 Å². The molecule has 0 saturated heterocycles. The molecule has 14 heavy (non-hydrogen) atoms. The molecule has 0 aliphatic rings. The summed E-state index contributed by atoms with van der Waals surface area (Å²) in [7, 11) is 0. The Hall–Kier alpha value is 3.80. The molecule has 0 aliphatic carbocycles. The normalized spacial score (nSPS) is 0. The Balaban J connectivity index is 0. The van der Waals surface area contributed by atoms with E-state index in [1.807, 2.05) is 0 Å². The number of hydrogen-bond acceptors (Lipinski definition) is 0. The van der Waals surface area contributed by atoms with E-state index in [9.17, 15) is 0 Å². The van der Waals surface area contributed by atoms with Crippen LogP contribution in [0.5, 0.6) is 0 Å². The minimum atomic E-state index is 0. The average molecular weight is 918 g/mol. The first-order valence-corrected chi connectivity index (χ1v) is 0. The summed E-state index contributed by atoms with van der Waals surface area (Å²) in [5.74, 6) is 0. The van der Waals surface area contributed by atoms with Crippen molar-refractivity contribution in [2.24, 2.45) is 0 Å². The standard InChI is InChI=1S/2Bi.9O.3Sn/q2*+3;9*-2;3*+4. The van der Waals surface area contributed by atoms with E-state index < -0.39 is 0 Å². The molecule has 0 aromatic heterocycles. The van der Waals surface area contributed by atoms with Crippen LogP contribution >= 0.6 is 0 Å². The number of rotatable bonds is 0. The van der Waals surface area contributed by atoms with Gasteiger partial charge in [0, 0.05) is 0 Å². The second-order valence-electron chi connectivity index (χ2n) is 0. The van der Waals surface area contributed by atoms with Gasteiger partial charge in [-0.2, -0.15) is 0 Å². The van der Waals surface area contributed by atoms with Crippen molar-refractivity contribution in [3.63, 3.8) is 0 Å². The second-order valence-corrected chi connectivity index (χ2v) is 0. The van der Waals surface area contributed by atoms with Gasteiger partial charge in [0.1, 0.15) is 0 Å². The molecule has 0 aromatic rings. The molecule has 0 aliphatic heterocycles. The molecule has 9 nitrogen and oxygen atoms in total. The fourth-order valence-electron chi connectivity index (χ4n) is 0. The smallest absolute Gasteiger partial charge is 2.00 e. The third-order valence-corrected chi connectivity index (χ3v) is 0. The van der Waals surface area contributed by atoms with Crippen molar-refractivity contribution in [1.82, 2.24) is 0 Å². The van der Waals surface area contributed by atoms with Crippen LogP contribution in [0.25, 0.3) is 0 Å². The molecule has 0 bridgehead atoms. The van der Waals surface area contributed by atoms with Gasteiger partial charge < -0.3 is 49.3 Å². The molecule has 0 unspecified atom stereocenters. The van der Waals surface area contributed by atoms with Crippen LogP contribution in [0.2, 0.25) is 0 Å². The first kappa shape index (κ1) is 348. The van der Waals surface area contributed by atoms with Crippen LogP contribution < -0.4 is 0 Å². The quantitative estimate of drug-likeness (QED) is 0.221. The maximum atomic E-state index is 0. The zero-order chi connectivity index (χ0) is 0. The van der Waals surface area contributed by atoms with Crippen molar-refractivity contribution >= 4 is 124 Å². The fraction of sp³-hybridized carbons (Fsp3) is 0. The van der Waals surface area contributed by atoms with Crippen molar-refractivity contribution in [2.45, 2.75) is 0 Å². The van der Waals surface area contributed by atoms with E-state index in [2.05, 4.69) is 0 Å². The van der Waals surface area contributed by atoms with Crippen molar-refractivity contribution in [2.75, 3.05) is 0 Å². The summed E-state index contributed by atoms with van der Waals surface area (Å²) in [6.07, 6.45) is 0. The molecular formula is Bi2O9Sn3. The molecule has 0 heterocycles. The van der Waals surface area contributed by atoms with E-state index in [0.717, 1.165) is 0 Å². The Morgan fingerprint density at radius 3 is 0.214 bits per heavy atom. The molecule has 0 saturated carbocycles. The van der Waals surface area contributed by atoms with Crippen LogP contribution in [-0.2, 0) is 49.3 Å². The molecular weight excluding hydrogens is 918 g/mol. The topological polar surface area (TPSA) is 256 Å². The van der Waals surface area contributed by atoms with Gasteiger partial charge in [-0.05, 0) is 0 Å². The van der Waals surface area contributed by atoms with Crippen LogP contribution in [0, 0.1) is 0 Å². The van der Waals surface area contributed by atoms with E-state index in [0.29, 0.717) is 0 Å². The monoisotopic (exact) mass is 922 g/mol. The van der Waals surface area contributed by atoms with Gasteiger partial charge in [-0.1, -0.05) is 0 Å². The van der Waals surface area contributed by atoms with Crippen LogP contribution in [0.3, 0.4) is 0 Å². The first-order valence-electron chi connectivity index (χ1n) is 0. The Labute approximate surface area is 170 Å². The average Bonchev–Trinajstić information content (AvgIpc) is 0. The molecule has 0 amide bonds. The Morgan fingerprint density at radius 1 is 0.214 bits per heavy atom. The van der Waals surface area contributed by atoms with Gasteiger partial charge >= 0.3 is 124 Å². The van der Waals surface area contributed by atoms with Crippen molar-refractivity contribution < 1.29 is 49.3 Å². The molecule has 0 fully saturated rings. The van der Waals surface area contributed by atoms with E-state index in [1.165, 1.54) is 0 Å². The van der Waals surface area contributed by atoms with Gasteiger partial charge in [-0.15, -0.1) is 0 Å². The summed E-state index contributed by atoms with van der Waals surface area (Å²) in [6, 6.07) is 0. The van der Waals surface area contributed by atoms with Gasteiger partial charge in [0.15, 0.2) is 0 Å². The summed E-state index contributed by atoms with van der Waals surface area (Å²) < 4.78 is 0. The third kappa shape index (κ3) is 239. The SMILES string of the molecule is [Bi+3].[Bi+3].[O-2].[O-2].[O-2].[O-2].[O-2].[O-2].[O-2].[O-2].[O-2].[Sn+4].[Sn+4].[Sn+4]. The molecule has 76 valence electrons. The fourth-order valence-corrected chi connectivity index (χ4v) is 0. The van der Waals surface area contributed by atoms with E-state index in [4.69, 9.17) is 0 Å². The Bertz CT molecular complexity index is 18.0. The minimum Gasteiger partial charge on any atom is -2.00 e. The molecule has 14 heteroatoms. The van der Waals surface area contributed by atoms with Crippen LogP contribution in [0.15, 0.2) is 0 Å². The van der Waals surface area contributed by atoms with Crippen molar-refractivity contribution in [3.8, 4) is 0 Å².